The zero-order chi connectivity index (χ0) is 23.7. The van der Waals surface area contributed by atoms with E-state index in [-0.39, 0.29) is 6.47 Å². The number of anilines is 1. The van der Waals surface area contributed by atoms with Crippen molar-refractivity contribution in [1.82, 2.24) is 9.55 Å². The molecule has 1 aliphatic carbocycles. The minimum atomic E-state index is -0.250. The molecule has 0 unspecified atom stereocenters. The molecule has 0 amide bonds. The Morgan fingerprint density at radius 2 is 1.88 bits per heavy atom. The average Bonchev–Trinajstić information content (AvgIpc) is 3.18. The summed E-state index contributed by atoms with van der Waals surface area (Å²) in [6.07, 6.45) is 13.1. The molecular formula is C26H34N4O2. The second-order valence-electron chi connectivity index (χ2n) is 7.75. The molecule has 1 saturated carbocycles. The summed E-state index contributed by atoms with van der Waals surface area (Å²) in [6, 6.07) is 7.10. The van der Waals surface area contributed by atoms with E-state index in [1.54, 1.807) is 6.20 Å². The van der Waals surface area contributed by atoms with E-state index in [9.17, 15) is 5.26 Å². The smallest absolute Gasteiger partial charge is 0.290 e. The van der Waals surface area contributed by atoms with Gasteiger partial charge in [-0.05, 0) is 49.4 Å². The van der Waals surface area contributed by atoms with Crippen LogP contribution in [0.4, 0.5) is 5.69 Å². The zero-order valence-corrected chi connectivity index (χ0v) is 19.6. The molecule has 0 radical (unpaired) electrons. The minimum Gasteiger partial charge on any atom is -0.483 e. The van der Waals surface area contributed by atoms with Gasteiger partial charge in [0, 0.05) is 40.5 Å². The second kappa shape index (κ2) is 11.9. The van der Waals surface area contributed by atoms with Crippen LogP contribution in [0, 0.1) is 18.3 Å². The first-order valence-electron chi connectivity index (χ1n) is 11.4. The summed E-state index contributed by atoms with van der Waals surface area (Å²) in [5.74, 6) is 0. The van der Waals surface area contributed by atoms with Gasteiger partial charge in [-0.25, -0.2) is 0 Å². The summed E-state index contributed by atoms with van der Waals surface area (Å²) < 4.78 is 2.45. The minimum absolute atomic E-state index is 0.250. The highest BCUT2D eigenvalue weighted by Crippen LogP contribution is 2.39. The highest BCUT2D eigenvalue weighted by molar-refractivity contribution is 5.98. The number of nitrogen functional groups attached to an aromatic ring is 1. The number of nitriles is 1. The van der Waals surface area contributed by atoms with Crippen LogP contribution in [0.5, 0.6) is 0 Å². The highest BCUT2D eigenvalue weighted by atomic mass is 16.3. The molecule has 1 aromatic carbocycles. The van der Waals surface area contributed by atoms with E-state index in [0.29, 0.717) is 6.04 Å². The number of aromatic nitrogens is 2. The van der Waals surface area contributed by atoms with Gasteiger partial charge >= 0.3 is 0 Å². The third kappa shape index (κ3) is 5.11. The molecule has 3 N–H and O–H groups in total. The Morgan fingerprint density at radius 1 is 1.22 bits per heavy atom. The van der Waals surface area contributed by atoms with E-state index in [0.717, 1.165) is 45.3 Å². The molecule has 0 aliphatic heterocycles. The summed E-state index contributed by atoms with van der Waals surface area (Å²) >= 11 is 0. The zero-order valence-electron chi connectivity index (χ0n) is 19.6. The molecule has 6 nitrogen and oxygen atoms in total. The molecule has 0 atom stereocenters. The van der Waals surface area contributed by atoms with Crippen molar-refractivity contribution >= 4 is 23.1 Å². The standard InChI is InChI=1S/C23H26N4.C2H6.CH2O2/c1-3-18-20(12-26-13-22(18)25)21-14-27(17-7-5-4-6-8-17)23-9-15(2)16(11-24)10-19(21)23;1-2;2-1-3/h9-10,12-14,17H,3-8,25H2,1-2H3;1-2H3;1H,(H,2,3). The van der Waals surface area contributed by atoms with Crippen molar-refractivity contribution < 1.29 is 9.90 Å². The Kier molecular flexibility index (Phi) is 9.27. The number of hydrogen-bond donors (Lipinski definition) is 2. The van der Waals surface area contributed by atoms with Crippen LogP contribution in [-0.2, 0) is 11.2 Å². The van der Waals surface area contributed by atoms with Crippen LogP contribution in [0.2, 0.25) is 0 Å². The average molecular weight is 435 g/mol. The van der Waals surface area contributed by atoms with Crippen molar-refractivity contribution in [3.05, 3.63) is 47.4 Å². The number of benzene rings is 1. The van der Waals surface area contributed by atoms with Crippen molar-refractivity contribution in [2.45, 2.75) is 72.3 Å². The van der Waals surface area contributed by atoms with Crippen molar-refractivity contribution in [3.8, 4) is 17.2 Å². The van der Waals surface area contributed by atoms with Crippen molar-refractivity contribution in [2.75, 3.05) is 5.73 Å². The molecule has 0 saturated heterocycles. The van der Waals surface area contributed by atoms with Gasteiger partial charge in [0.2, 0.25) is 0 Å². The van der Waals surface area contributed by atoms with Crippen LogP contribution in [0.25, 0.3) is 22.0 Å². The number of pyridine rings is 1. The predicted octanol–water partition coefficient (Wildman–Crippen LogP) is 6.26. The molecule has 6 heteroatoms. The van der Waals surface area contributed by atoms with Gasteiger partial charge in [-0.1, -0.05) is 40.0 Å². The first-order chi connectivity index (χ1) is 15.5. The fourth-order valence-electron chi connectivity index (χ4n) is 4.53. The highest BCUT2D eigenvalue weighted by Gasteiger charge is 2.22. The lowest BCUT2D eigenvalue weighted by atomic mass is 9.95. The maximum atomic E-state index is 9.55. The maximum Gasteiger partial charge on any atom is 0.290 e. The maximum absolute atomic E-state index is 9.55. The molecule has 1 fully saturated rings. The molecule has 4 rings (SSSR count). The lowest BCUT2D eigenvalue weighted by Crippen LogP contribution is -2.11. The number of hydrogen-bond acceptors (Lipinski definition) is 4. The van der Waals surface area contributed by atoms with Gasteiger partial charge < -0.3 is 15.4 Å². The molecule has 170 valence electrons. The number of nitrogens with zero attached hydrogens (tertiary/aromatic N) is 3. The third-order valence-electron chi connectivity index (χ3n) is 6.00. The van der Waals surface area contributed by atoms with Crippen molar-refractivity contribution in [2.24, 2.45) is 0 Å². The number of carbonyl (C=O) groups is 1. The van der Waals surface area contributed by atoms with E-state index in [1.165, 1.54) is 37.6 Å². The normalized spacial score (nSPS) is 13.3. The van der Waals surface area contributed by atoms with E-state index >= 15 is 0 Å². The van der Waals surface area contributed by atoms with E-state index in [1.807, 2.05) is 33.0 Å². The SMILES string of the molecule is CC.CCc1c(N)cncc1-c1cn(C2CCCCC2)c2cc(C)c(C#N)cc12.O=CO. The van der Waals surface area contributed by atoms with Gasteiger partial charge in [0.25, 0.3) is 6.47 Å². The van der Waals surface area contributed by atoms with Crippen LogP contribution >= 0.6 is 0 Å². The van der Waals surface area contributed by atoms with E-state index in [2.05, 4.69) is 34.8 Å². The van der Waals surface area contributed by atoms with Crippen molar-refractivity contribution in [3.63, 3.8) is 0 Å². The Morgan fingerprint density at radius 3 is 2.47 bits per heavy atom. The summed E-state index contributed by atoms with van der Waals surface area (Å²) in [5, 5.41) is 17.6. The fourth-order valence-corrected chi connectivity index (χ4v) is 4.53. The van der Waals surface area contributed by atoms with Crippen LogP contribution < -0.4 is 5.73 Å². The quantitative estimate of drug-likeness (QED) is 0.473. The van der Waals surface area contributed by atoms with Gasteiger partial charge in [-0.15, -0.1) is 0 Å². The lowest BCUT2D eigenvalue weighted by Gasteiger charge is -2.24. The number of nitrogens with two attached hydrogens (primary N) is 1. The number of aryl methyl sites for hydroxylation is 1. The van der Waals surface area contributed by atoms with E-state index < -0.39 is 0 Å². The molecule has 0 bridgehead atoms. The number of rotatable bonds is 3. The van der Waals surface area contributed by atoms with Gasteiger partial charge in [0.15, 0.2) is 0 Å². The molecule has 0 spiro atoms. The second-order valence-corrected chi connectivity index (χ2v) is 7.75. The third-order valence-corrected chi connectivity index (χ3v) is 6.00. The lowest BCUT2D eigenvalue weighted by molar-refractivity contribution is -0.122. The van der Waals surface area contributed by atoms with Gasteiger partial charge in [0.1, 0.15) is 0 Å². The monoisotopic (exact) mass is 434 g/mol. The predicted molar refractivity (Wildman–Crippen MR) is 131 cm³/mol. The summed E-state index contributed by atoms with van der Waals surface area (Å²) in [6.45, 7) is 7.90. The van der Waals surface area contributed by atoms with Crippen LogP contribution in [0.3, 0.4) is 0 Å². The Bertz CT molecular complexity index is 1090. The first-order valence-corrected chi connectivity index (χ1v) is 11.4. The van der Waals surface area contributed by atoms with Crippen LogP contribution in [0.15, 0.2) is 30.7 Å². The van der Waals surface area contributed by atoms with Gasteiger partial charge in [-0.3, -0.25) is 9.78 Å². The Hall–Kier alpha value is -3.33. The number of carboxylic acid groups (broad SMARTS) is 1. The number of fused-ring (bicyclic) bond motifs is 1. The molecular weight excluding hydrogens is 400 g/mol. The molecule has 2 heterocycles. The Balaban J connectivity index is 0.000000671. The summed E-state index contributed by atoms with van der Waals surface area (Å²) in [5.41, 5.74) is 13.3. The van der Waals surface area contributed by atoms with Gasteiger partial charge in [0.05, 0.1) is 23.5 Å². The van der Waals surface area contributed by atoms with Crippen LogP contribution in [-0.4, -0.2) is 21.1 Å². The summed E-state index contributed by atoms with van der Waals surface area (Å²) in [7, 11) is 0. The first kappa shape index (κ1) is 24.9. The molecule has 1 aliphatic rings. The molecule has 2 aromatic heterocycles. The van der Waals surface area contributed by atoms with E-state index in [4.69, 9.17) is 15.6 Å². The molecule has 3 aromatic rings. The fraction of sp³-hybridized carbons (Fsp3) is 0.423. The van der Waals surface area contributed by atoms with Gasteiger partial charge in [-0.2, -0.15) is 5.26 Å². The Labute approximate surface area is 190 Å². The topological polar surface area (TPSA) is 105 Å². The largest absolute Gasteiger partial charge is 0.483 e. The summed E-state index contributed by atoms with van der Waals surface area (Å²) in [4.78, 5) is 12.7. The molecule has 32 heavy (non-hydrogen) atoms. The van der Waals surface area contributed by atoms with Crippen LogP contribution in [0.1, 0.15) is 75.6 Å². The van der Waals surface area contributed by atoms with Crippen molar-refractivity contribution in [1.29, 1.82) is 5.26 Å².